The Morgan fingerprint density at radius 3 is 2.50 bits per heavy atom. The molecule has 2 aliphatic rings. The van der Waals surface area contributed by atoms with E-state index in [4.69, 9.17) is 9.47 Å². The number of esters is 2. The van der Waals surface area contributed by atoms with Crippen molar-refractivity contribution in [3.05, 3.63) is 35.7 Å². The van der Waals surface area contributed by atoms with Crippen molar-refractivity contribution in [2.24, 2.45) is 0 Å². The van der Waals surface area contributed by atoms with Gasteiger partial charge in [-0.1, -0.05) is 33.9 Å². The summed E-state index contributed by atoms with van der Waals surface area (Å²) in [6.07, 6.45) is 0. The molecule has 3 rings (SSSR count). The molecule has 0 radical (unpaired) electrons. The summed E-state index contributed by atoms with van der Waals surface area (Å²) in [6.45, 7) is 0. The molecule has 0 saturated heterocycles. The van der Waals surface area contributed by atoms with Gasteiger partial charge in [0.25, 0.3) is 4.74 Å². The Morgan fingerprint density at radius 1 is 1.09 bits per heavy atom. The largest absolute Gasteiger partial charge is 0.466 e. The summed E-state index contributed by atoms with van der Waals surface area (Å²) in [5.41, 5.74) is 0.423. The number of fused-ring (bicyclic) bond motifs is 2. The van der Waals surface area contributed by atoms with Gasteiger partial charge in [0.05, 0.1) is 29.6 Å². The molecule has 1 unspecified atom stereocenters. The molecule has 1 aromatic heterocycles. The molecule has 0 amide bonds. The molecule has 0 saturated carbocycles. The van der Waals surface area contributed by atoms with Crippen LogP contribution in [0.3, 0.4) is 0 Å². The number of methoxy groups -OCH3 is 2. The van der Waals surface area contributed by atoms with Crippen molar-refractivity contribution in [2.75, 3.05) is 14.2 Å². The summed E-state index contributed by atoms with van der Waals surface area (Å²) in [5.74, 6) is -0.926. The van der Waals surface area contributed by atoms with Gasteiger partial charge in [-0.25, -0.2) is 9.59 Å². The Morgan fingerprint density at radius 2 is 1.82 bits per heavy atom. The van der Waals surface area contributed by atoms with E-state index in [1.807, 2.05) is 0 Å². The topological polar surface area (TPSA) is 69.7 Å². The molecule has 5 nitrogen and oxygen atoms in total. The van der Waals surface area contributed by atoms with Crippen LogP contribution in [-0.2, 0) is 23.1 Å². The highest BCUT2D eigenvalue weighted by molar-refractivity contribution is 8.24. The van der Waals surface area contributed by atoms with Gasteiger partial charge < -0.3 is 9.47 Å². The smallest absolute Gasteiger partial charge is 0.344 e. The molecule has 1 aromatic rings. The van der Waals surface area contributed by atoms with Gasteiger partial charge in [-0.15, -0.1) is 11.8 Å². The zero-order chi connectivity index (χ0) is 15.9. The Kier molecular flexibility index (Phi) is 4.47. The Balaban J connectivity index is 2.10. The van der Waals surface area contributed by atoms with E-state index in [1.54, 1.807) is 10.8 Å². The van der Waals surface area contributed by atoms with Crippen molar-refractivity contribution in [3.63, 3.8) is 0 Å². The standard InChI is InChI=1S/C12H8O5S5/c1-16-9(13)5-3-18-7-8(21-22-11(7)15)12(5)19-4-6(20-12)10(14)17-2/h3-4H,1-2H3. The minimum Gasteiger partial charge on any atom is -0.466 e. The number of hydrogen-bond acceptors (Lipinski definition) is 10. The first-order valence-electron chi connectivity index (χ1n) is 5.78. The van der Waals surface area contributed by atoms with E-state index in [1.165, 1.54) is 59.8 Å². The highest BCUT2D eigenvalue weighted by atomic mass is 32.9. The van der Waals surface area contributed by atoms with E-state index < -0.39 is 16.0 Å². The number of carbonyl (C=O) groups is 2. The van der Waals surface area contributed by atoms with Crippen LogP contribution in [0.5, 0.6) is 0 Å². The Hall–Kier alpha value is -0.680. The molecule has 0 fully saturated rings. The van der Waals surface area contributed by atoms with Crippen LogP contribution in [0.4, 0.5) is 0 Å². The number of rotatable bonds is 2. The second-order valence-electron chi connectivity index (χ2n) is 4.06. The molecule has 3 heterocycles. The van der Waals surface area contributed by atoms with Crippen molar-refractivity contribution in [1.29, 1.82) is 0 Å². The van der Waals surface area contributed by atoms with Gasteiger partial charge in [-0.05, 0) is 21.2 Å². The average molecular weight is 393 g/mol. The van der Waals surface area contributed by atoms with Gasteiger partial charge in [0, 0.05) is 0 Å². The van der Waals surface area contributed by atoms with Gasteiger partial charge in [-0.3, -0.25) is 4.79 Å². The molecular formula is C12H8O5S5. The highest BCUT2D eigenvalue weighted by Crippen LogP contribution is 2.65. The molecule has 10 heteroatoms. The summed E-state index contributed by atoms with van der Waals surface area (Å²) in [7, 11) is 5.08. The molecule has 2 aliphatic heterocycles. The normalized spacial score (nSPS) is 22.8. The van der Waals surface area contributed by atoms with Crippen LogP contribution >= 0.6 is 56.0 Å². The van der Waals surface area contributed by atoms with Crippen LogP contribution in [0.15, 0.2) is 31.0 Å². The van der Waals surface area contributed by atoms with Gasteiger partial charge in [0.2, 0.25) is 0 Å². The van der Waals surface area contributed by atoms with Gasteiger partial charge in [0.1, 0.15) is 8.98 Å². The number of ether oxygens (including phenoxy) is 2. The molecule has 0 aliphatic carbocycles. The summed E-state index contributed by atoms with van der Waals surface area (Å²) in [6, 6.07) is 0. The zero-order valence-corrected chi connectivity index (χ0v) is 15.3. The van der Waals surface area contributed by atoms with Gasteiger partial charge >= 0.3 is 11.9 Å². The van der Waals surface area contributed by atoms with E-state index in [2.05, 4.69) is 0 Å². The molecule has 0 aromatic carbocycles. The Bertz CT molecular complexity index is 773. The van der Waals surface area contributed by atoms with E-state index in [0.717, 1.165) is 15.2 Å². The molecule has 0 bridgehead atoms. The number of thioether (sulfide) groups is 3. The molecule has 0 N–H and O–H groups in total. The third-order valence-corrected chi connectivity index (χ3v) is 9.75. The fourth-order valence-electron chi connectivity index (χ4n) is 1.91. The average Bonchev–Trinajstić information content (AvgIpc) is 3.12. The quantitative estimate of drug-likeness (QED) is 0.562. The monoisotopic (exact) mass is 392 g/mol. The zero-order valence-electron chi connectivity index (χ0n) is 11.2. The van der Waals surface area contributed by atoms with Crippen molar-refractivity contribution in [2.45, 2.75) is 8.97 Å². The van der Waals surface area contributed by atoms with Crippen LogP contribution < -0.4 is 4.74 Å². The lowest BCUT2D eigenvalue weighted by molar-refractivity contribution is -0.136. The second-order valence-corrected chi connectivity index (χ2v) is 9.65. The molecule has 1 atom stereocenters. The van der Waals surface area contributed by atoms with Crippen LogP contribution in [0.2, 0.25) is 0 Å². The fourth-order valence-corrected chi connectivity index (χ4v) is 9.60. The summed E-state index contributed by atoms with van der Waals surface area (Å²) < 4.78 is 8.73. The summed E-state index contributed by atoms with van der Waals surface area (Å²) in [4.78, 5) is 37.7. The third-order valence-electron chi connectivity index (χ3n) is 2.92. The van der Waals surface area contributed by atoms with Crippen LogP contribution in [0.1, 0.15) is 4.88 Å². The minimum atomic E-state index is -0.846. The van der Waals surface area contributed by atoms with Crippen molar-refractivity contribution < 1.29 is 19.1 Å². The molecule has 116 valence electrons. The predicted molar refractivity (Wildman–Crippen MR) is 91.4 cm³/mol. The molecule has 22 heavy (non-hydrogen) atoms. The van der Waals surface area contributed by atoms with E-state index in [0.29, 0.717) is 15.4 Å². The van der Waals surface area contributed by atoms with Gasteiger partial charge in [-0.2, -0.15) is 0 Å². The van der Waals surface area contributed by atoms with E-state index in [-0.39, 0.29) is 4.74 Å². The first kappa shape index (κ1) is 16.2. The van der Waals surface area contributed by atoms with Gasteiger partial charge in [0.15, 0.2) is 0 Å². The maximum Gasteiger partial charge on any atom is 0.344 e. The van der Waals surface area contributed by atoms with Crippen LogP contribution in [0, 0.1) is 0 Å². The third kappa shape index (κ3) is 2.37. The van der Waals surface area contributed by atoms with Crippen molar-refractivity contribution in [1.82, 2.24) is 0 Å². The predicted octanol–water partition coefficient (Wildman–Crippen LogP) is 2.98. The first-order chi connectivity index (χ1) is 10.5. The van der Waals surface area contributed by atoms with E-state index >= 15 is 0 Å². The second kappa shape index (κ2) is 6.08. The summed E-state index contributed by atoms with van der Waals surface area (Å²) in [5, 5.41) is 3.31. The maximum absolute atomic E-state index is 12.2. The highest BCUT2D eigenvalue weighted by Gasteiger charge is 2.51. The fraction of sp³-hybridized carbons (Fsp3) is 0.250. The van der Waals surface area contributed by atoms with Crippen molar-refractivity contribution >= 4 is 67.9 Å². The maximum atomic E-state index is 12.2. The van der Waals surface area contributed by atoms with Crippen LogP contribution in [-0.4, -0.2) is 26.2 Å². The van der Waals surface area contributed by atoms with E-state index in [9.17, 15) is 14.4 Å². The van der Waals surface area contributed by atoms with Crippen LogP contribution in [0.25, 0.3) is 0 Å². The lowest BCUT2D eigenvalue weighted by Crippen LogP contribution is -2.27. The lowest BCUT2D eigenvalue weighted by atomic mass is 10.1. The SMILES string of the molecule is COC(=O)C1=CSC2(S1)C(C(=O)OC)=CSc1c2ssc1=O. The number of carbonyl (C=O) groups excluding carboxylic acids is 2. The lowest BCUT2D eigenvalue weighted by Gasteiger charge is -2.30. The summed E-state index contributed by atoms with van der Waals surface area (Å²) >= 11 is 3.77. The minimum absolute atomic E-state index is 0.0303. The molecule has 1 spiro atoms. The first-order valence-corrected chi connectivity index (χ1v) is 10.5. The Labute approximate surface area is 145 Å². The molecular weight excluding hydrogens is 384 g/mol. The number of hydrogen-bond donors (Lipinski definition) is 0. The van der Waals surface area contributed by atoms with Crippen molar-refractivity contribution in [3.8, 4) is 0 Å².